The minimum atomic E-state index is 0. The van der Waals surface area contributed by atoms with Crippen molar-refractivity contribution in [2.75, 3.05) is 53.6 Å². The summed E-state index contributed by atoms with van der Waals surface area (Å²) in [6.07, 6.45) is 0.216. The van der Waals surface area contributed by atoms with E-state index in [-0.39, 0.29) is 36.1 Å². The summed E-state index contributed by atoms with van der Waals surface area (Å²) < 4.78 is 10.9. The number of hydrogen-bond acceptors (Lipinski definition) is 4. The molecule has 0 bridgehead atoms. The number of ether oxygens (including phenoxy) is 2. The Labute approximate surface area is 152 Å². The molecule has 0 saturated carbocycles. The Balaban J connectivity index is 0.00000441. The zero-order chi connectivity index (χ0) is 15.7. The number of halogens is 1. The fraction of sp³-hybridized carbons (Fsp3) is 0.933. The van der Waals surface area contributed by atoms with Crippen molar-refractivity contribution >= 4 is 29.9 Å². The van der Waals surface area contributed by atoms with E-state index in [4.69, 9.17) is 9.47 Å². The lowest BCUT2D eigenvalue weighted by atomic mass is 10.2. The predicted molar refractivity (Wildman–Crippen MR) is 102 cm³/mol. The van der Waals surface area contributed by atoms with Gasteiger partial charge in [-0.3, -0.25) is 9.89 Å². The quantitative estimate of drug-likeness (QED) is 0.362. The van der Waals surface area contributed by atoms with Crippen LogP contribution in [0.1, 0.15) is 20.8 Å². The largest absolute Gasteiger partial charge is 0.383 e. The van der Waals surface area contributed by atoms with E-state index in [1.807, 2.05) is 0 Å². The van der Waals surface area contributed by atoms with Crippen LogP contribution in [0.5, 0.6) is 0 Å². The monoisotopic (exact) mass is 428 g/mol. The molecule has 132 valence electrons. The molecule has 22 heavy (non-hydrogen) atoms. The van der Waals surface area contributed by atoms with Crippen molar-refractivity contribution in [1.82, 2.24) is 15.5 Å². The van der Waals surface area contributed by atoms with E-state index in [0.717, 1.165) is 38.7 Å². The van der Waals surface area contributed by atoms with Crippen LogP contribution in [0.3, 0.4) is 0 Å². The van der Waals surface area contributed by atoms with Gasteiger partial charge in [-0.15, -0.1) is 24.0 Å². The van der Waals surface area contributed by atoms with E-state index in [9.17, 15) is 0 Å². The molecule has 0 aliphatic carbocycles. The van der Waals surface area contributed by atoms with Crippen LogP contribution in [0.25, 0.3) is 0 Å². The van der Waals surface area contributed by atoms with Gasteiger partial charge in [0.25, 0.3) is 0 Å². The molecule has 1 heterocycles. The third-order valence-electron chi connectivity index (χ3n) is 3.37. The van der Waals surface area contributed by atoms with Crippen molar-refractivity contribution in [1.29, 1.82) is 0 Å². The number of rotatable bonds is 7. The van der Waals surface area contributed by atoms with Crippen molar-refractivity contribution in [2.24, 2.45) is 10.9 Å². The minimum Gasteiger partial charge on any atom is -0.383 e. The Bertz CT molecular complexity index is 316. The van der Waals surface area contributed by atoms with Gasteiger partial charge in [-0.05, 0) is 12.8 Å². The van der Waals surface area contributed by atoms with Gasteiger partial charge in [0, 0.05) is 46.4 Å². The first-order valence-electron chi connectivity index (χ1n) is 7.85. The standard InChI is InChI=1S/C15H32N4O2.HI/c1-12(2)9-19-6-7-21-14(10-19)8-17-15(16-4)18-13(3)11-20-5;/h12-14H,6-11H2,1-5H3,(H2,16,17,18);1H. The van der Waals surface area contributed by atoms with Gasteiger partial charge in [-0.25, -0.2) is 0 Å². The molecule has 1 fully saturated rings. The third kappa shape index (κ3) is 9.12. The number of guanidine groups is 1. The molecule has 6 nitrogen and oxygen atoms in total. The van der Waals surface area contributed by atoms with Gasteiger partial charge in [0.15, 0.2) is 5.96 Å². The van der Waals surface area contributed by atoms with E-state index in [1.165, 1.54) is 0 Å². The first-order chi connectivity index (χ1) is 10.0. The zero-order valence-electron chi connectivity index (χ0n) is 14.6. The Hall–Kier alpha value is -0.120. The van der Waals surface area contributed by atoms with Crippen LogP contribution in [0.2, 0.25) is 0 Å². The summed E-state index contributed by atoms with van der Waals surface area (Å²) in [5.41, 5.74) is 0. The van der Waals surface area contributed by atoms with Gasteiger partial charge in [0.05, 0.1) is 19.3 Å². The van der Waals surface area contributed by atoms with E-state index < -0.39 is 0 Å². The summed E-state index contributed by atoms with van der Waals surface area (Å²) >= 11 is 0. The summed E-state index contributed by atoms with van der Waals surface area (Å²) in [5, 5.41) is 6.63. The molecule has 2 unspecified atom stereocenters. The second-order valence-corrected chi connectivity index (χ2v) is 6.10. The maximum atomic E-state index is 5.83. The van der Waals surface area contributed by atoms with Gasteiger partial charge in [0.2, 0.25) is 0 Å². The van der Waals surface area contributed by atoms with Crippen molar-refractivity contribution in [2.45, 2.75) is 32.9 Å². The van der Waals surface area contributed by atoms with E-state index in [1.54, 1.807) is 14.2 Å². The lowest BCUT2D eigenvalue weighted by molar-refractivity contribution is -0.0284. The molecule has 0 amide bonds. The molecule has 0 spiro atoms. The summed E-state index contributed by atoms with van der Waals surface area (Å²) in [6.45, 7) is 12.0. The maximum absolute atomic E-state index is 5.83. The van der Waals surface area contributed by atoms with Gasteiger partial charge < -0.3 is 20.1 Å². The highest BCUT2D eigenvalue weighted by Gasteiger charge is 2.21. The average Bonchev–Trinajstić information content (AvgIpc) is 2.43. The zero-order valence-corrected chi connectivity index (χ0v) is 16.9. The molecule has 2 atom stereocenters. The fourth-order valence-electron chi connectivity index (χ4n) is 2.52. The van der Waals surface area contributed by atoms with Crippen molar-refractivity contribution in [3.63, 3.8) is 0 Å². The second kappa shape index (κ2) is 12.3. The highest BCUT2D eigenvalue weighted by molar-refractivity contribution is 14.0. The molecule has 1 rings (SSSR count). The summed E-state index contributed by atoms with van der Waals surface area (Å²) in [6, 6.07) is 0.228. The molecule has 0 radical (unpaired) electrons. The number of aliphatic imine (C=N–C) groups is 1. The summed E-state index contributed by atoms with van der Waals surface area (Å²) in [4.78, 5) is 6.71. The van der Waals surface area contributed by atoms with Crippen LogP contribution in [0.15, 0.2) is 4.99 Å². The predicted octanol–water partition coefficient (Wildman–Crippen LogP) is 1.16. The molecule has 2 N–H and O–H groups in total. The van der Waals surface area contributed by atoms with Crippen LogP contribution in [0, 0.1) is 5.92 Å². The first-order valence-corrected chi connectivity index (χ1v) is 7.85. The molecule has 0 aromatic heterocycles. The molecule has 1 aliphatic rings. The number of methoxy groups -OCH3 is 1. The van der Waals surface area contributed by atoms with Gasteiger partial charge in [0.1, 0.15) is 0 Å². The number of hydrogen-bond donors (Lipinski definition) is 2. The molecular formula is C15H33IN4O2. The van der Waals surface area contributed by atoms with Crippen molar-refractivity contribution in [3.05, 3.63) is 0 Å². The average molecular weight is 428 g/mol. The normalized spacial score (nSPS) is 21.4. The lowest BCUT2D eigenvalue weighted by Crippen LogP contribution is -2.51. The highest BCUT2D eigenvalue weighted by Crippen LogP contribution is 2.07. The van der Waals surface area contributed by atoms with E-state index in [2.05, 4.69) is 41.3 Å². The third-order valence-corrected chi connectivity index (χ3v) is 3.37. The van der Waals surface area contributed by atoms with Crippen LogP contribution < -0.4 is 10.6 Å². The van der Waals surface area contributed by atoms with Crippen LogP contribution in [0.4, 0.5) is 0 Å². The fourth-order valence-corrected chi connectivity index (χ4v) is 2.52. The minimum absolute atomic E-state index is 0. The number of nitrogens with one attached hydrogen (secondary N) is 2. The smallest absolute Gasteiger partial charge is 0.191 e. The van der Waals surface area contributed by atoms with E-state index >= 15 is 0 Å². The Morgan fingerprint density at radius 3 is 2.73 bits per heavy atom. The topological polar surface area (TPSA) is 58.1 Å². The Morgan fingerprint density at radius 1 is 1.41 bits per heavy atom. The SMILES string of the molecule is CN=C(NCC1CN(CC(C)C)CCO1)NC(C)COC.I. The lowest BCUT2D eigenvalue weighted by Gasteiger charge is -2.34. The second-order valence-electron chi connectivity index (χ2n) is 6.10. The number of nitrogens with zero attached hydrogens (tertiary/aromatic N) is 2. The van der Waals surface area contributed by atoms with Crippen LogP contribution in [-0.4, -0.2) is 76.6 Å². The number of morpholine rings is 1. The van der Waals surface area contributed by atoms with Crippen molar-refractivity contribution in [3.8, 4) is 0 Å². The van der Waals surface area contributed by atoms with Crippen LogP contribution >= 0.6 is 24.0 Å². The van der Waals surface area contributed by atoms with Crippen LogP contribution in [-0.2, 0) is 9.47 Å². The molecule has 0 aromatic rings. The molecule has 1 saturated heterocycles. The highest BCUT2D eigenvalue weighted by atomic mass is 127. The van der Waals surface area contributed by atoms with Gasteiger partial charge in [-0.1, -0.05) is 13.8 Å². The molecular weight excluding hydrogens is 395 g/mol. The summed E-state index contributed by atoms with van der Waals surface area (Å²) in [5.74, 6) is 1.49. The first kappa shape index (κ1) is 21.9. The Kier molecular flexibility index (Phi) is 12.3. The maximum Gasteiger partial charge on any atom is 0.191 e. The summed E-state index contributed by atoms with van der Waals surface area (Å²) in [7, 11) is 3.48. The van der Waals surface area contributed by atoms with E-state index in [0.29, 0.717) is 12.5 Å². The molecule has 1 aliphatic heterocycles. The van der Waals surface area contributed by atoms with Gasteiger partial charge in [-0.2, -0.15) is 0 Å². The van der Waals surface area contributed by atoms with Crippen molar-refractivity contribution < 1.29 is 9.47 Å². The molecule has 0 aromatic carbocycles. The van der Waals surface area contributed by atoms with Gasteiger partial charge >= 0.3 is 0 Å². The molecule has 7 heteroatoms. The Morgan fingerprint density at radius 2 is 2.14 bits per heavy atom.